The van der Waals surface area contributed by atoms with Crippen LogP contribution in [-0.4, -0.2) is 18.2 Å². The van der Waals surface area contributed by atoms with E-state index in [1.807, 2.05) is 30.3 Å². The predicted octanol–water partition coefficient (Wildman–Crippen LogP) is 2.79. The third kappa shape index (κ3) is 2.48. The standard InChI is InChI=1S/C9H10BrClN4/c1-15-9(12-13-14-15)5-6-4-7(11)2-3-8(6)10/h2-4,9H,5H2,1H3,(H,12,14)/t9-/m1/s1. The zero-order valence-electron chi connectivity index (χ0n) is 8.11. The van der Waals surface area contributed by atoms with Crippen molar-refractivity contribution < 1.29 is 0 Å². The van der Waals surface area contributed by atoms with Crippen molar-refractivity contribution in [2.75, 3.05) is 7.05 Å². The summed E-state index contributed by atoms with van der Waals surface area (Å²) in [5, 5.41) is 10.4. The summed E-state index contributed by atoms with van der Waals surface area (Å²) in [5.41, 5.74) is 3.89. The van der Waals surface area contributed by atoms with Crippen LogP contribution in [0, 0.1) is 0 Å². The van der Waals surface area contributed by atoms with E-state index in [4.69, 9.17) is 11.6 Å². The Morgan fingerprint density at radius 3 is 3.07 bits per heavy atom. The van der Waals surface area contributed by atoms with Crippen LogP contribution < -0.4 is 5.53 Å². The van der Waals surface area contributed by atoms with E-state index in [2.05, 4.69) is 31.8 Å². The zero-order chi connectivity index (χ0) is 10.8. The highest BCUT2D eigenvalue weighted by Crippen LogP contribution is 2.24. The van der Waals surface area contributed by atoms with Crippen LogP contribution in [0.2, 0.25) is 5.02 Å². The van der Waals surface area contributed by atoms with Crippen molar-refractivity contribution in [2.45, 2.75) is 12.6 Å². The molecule has 80 valence electrons. The Morgan fingerprint density at radius 2 is 2.40 bits per heavy atom. The molecule has 0 spiro atoms. The Morgan fingerprint density at radius 1 is 1.60 bits per heavy atom. The smallest absolute Gasteiger partial charge is 0.147 e. The molecule has 0 unspecified atom stereocenters. The fourth-order valence-corrected chi connectivity index (χ4v) is 1.98. The van der Waals surface area contributed by atoms with Crippen LogP contribution in [0.5, 0.6) is 0 Å². The molecule has 0 bridgehead atoms. The Balaban J connectivity index is 2.16. The van der Waals surface area contributed by atoms with Gasteiger partial charge in [-0.1, -0.05) is 32.8 Å². The summed E-state index contributed by atoms with van der Waals surface area (Å²) >= 11 is 9.42. The molecule has 1 N–H and O–H groups in total. The van der Waals surface area contributed by atoms with E-state index in [0.29, 0.717) is 0 Å². The largest absolute Gasteiger partial charge is 0.220 e. The van der Waals surface area contributed by atoms with Gasteiger partial charge in [0.25, 0.3) is 0 Å². The Hall–Kier alpha value is -0.650. The van der Waals surface area contributed by atoms with Gasteiger partial charge in [-0.15, -0.1) is 5.11 Å². The minimum Gasteiger partial charge on any atom is -0.220 e. The molecule has 4 nitrogen and oxygen atoms in total. The van der Waals surface area contributed by atoms with Gasteiger partial charge >= 0.3 is 0 Å². The summed E-state index contributed by atoms with van der Waals surface area (Å²) in [6.45, 7) is 0. The highest BCUT2D eigenvalue weighted by atomic mass is 79.9. The van der Waals surface area contributed by atoms with Crippen molar-refractivity contribution in [2.24, 2.45) is 10.3 Å². The number of nitrogens with one attached hydrogen (secondary N) is 1. The number of rotatable bonds is 2. The van der Waals surface area contributed by atoms with Gasteiger partial charge in [-0.2, -0.15) is 5.01 Å². The van der Waals surface area contributed by atoms with E-state index in [-0.39, 0.29) is 6.17 Å². The molecule has 1 aromatic rings. The highest BCUT2D eigenvalue weighted by Gasteiger charge is 2.19. The molecule has 0 aromatic heterocycles. The molecule has 0 radical (unpaired) electrons. The molecule has 1 atom stereocenters. The van der Waals surface area contributed by atoms with Gasteiger partial charge in [0.1, 0.15) is 6.17 Å². The van der Waals surface area contributed by atoms with Crippen LogP contribution in [-0.2, 0) is 6.42 Å². The molecule has 0 saturated carbocycles. The minimum absolute atomic E-state index is 0.0276. The number of hydrogen-bond donors (Lipinski definition) is 1. The van der Waals surface area contributed by atoms with E-state index in [0.717, 1.165) is 21.5 Å². The van der Waals surface area contributed by atoms with Gasteiger partial charge in [-0.3, -0.25) is 0 Å². The molecule has 2 rings (SSSR count). The maximum Gasteiger partial charge on any atom is 0.147 e. The number of likely N-dealkylation sites (N-methyl/N-ethyl adjacent to an activating group) is 1. The molecule has 6 heteroatoms. The molecule has 0 fully saturated rings. The van der Waals surface area contributed by atoms with Gasteiger partial charge in [0.15, 0.2) is 0 Å². The second-order valence-electron chi connectivity index (χ2n) is 3.35. The molecule has 1 aliphatic rings. The Labute approximate surface area is 101 Å². The first-order valence-corrected chi connectivity index (χ1v) is 5.66. The van der Waals surface area contributed by atoms with Crippen LogP contribution >= 0.6 is 27.5 Å². The molecule has 1 heterocycles. The molecule has 1 aliphatic heterocycles. The quantitative estimate of drug-likeness (QED) is 0.909. The van der Waals surface area contributed by atoms with Gasteiger partial charge in [-0.25, -0.2) is 5.53 Å². The summed E-state index contributed by atoms with van der Waals surface area (Å²) in [4.78, 5) is 0. The SMILES string of the molecule is CN1NN=N[C@H]1Cc1cc(Cl)ccc1Br. The fraction of sp³-hybridized carbons (Fsp3) is 0.333. The first-order valence-electron chi connectivity index (χ1n) is 4.49. The lowest BCUT2D eigenvalue weighted by Crippen LogP contribution is -2.34. The fourth-order valence-electron chi connectivity index (χ4n) is 1.38. The van der Waals surface area contributed by atoms with E-state index < -0.39 is 0 Å². The third-order valence-corrected chi connectivity index (χ3v) is 3.26. The first-order chi connectivity index (χ1) is 7.16. The molecule has 0 amide bonds. The minimum atomic E-state index is 0.0276. The van der Waals surface area contributed by atoms with Crippen LogP contribution in [0.15, 0.2) is 33.0 Å². The average Bonchev–Trinajstić information content (AvgIpc) is 2.58. The van der Waals surface area contributed by atoms with Gasteiger partial charge in [0.2, 0.25) is 0 Å². The van der Waals surface area contributed by atoms with Crippen molar-refractivity contribution in [3.05, 3.63) is 33.3 Å². The van der Waals surface area contributed by atoms with E-state index in [1.54, 1.807) is 0 Å². The van der Waals surface area contributed by atoms with Crippen LogP contribution in [0.3, 0.4) is 0 Å². The molecule has 0 saturated heterocycles. The van der Waals surface area contributed by atoms with Gasteiger partial charge in [0, 0.05) is 23.0 Å². The summed E-state index contributed by atoms with van der Waals surface area (Å²) < 4.78 is 1.04. The lowest BCUT2D eigenvalue weighted by molar-refractivity contribution is 0.219. The first kappa shape index (κ1) is 10.9. The van der Waals surface area contributed by atoms with E-state index >= 15 is 0 Å². The van der Waals surface area contributed by atoms with Gasteiger partial charge in [-0.05, 0) is 23.8 Å². The maximum atomic E-state index is 5.93. The maximum absolute atomic E-state index is 5.93. The summed E-state index contributed by atoms with van der Waals surface area (Å²) in [6, 6.07) is 5.73. The lowest BCUT2D eigenvalue weighted by atomic mass is 10.1. The number of hydrogen-bond acceptors (Lipinski definition) is 4. The molecular weight excluding hydrogens is 279 g/mol. The topological polar surface area (TPSA) is 40.0 Å². The van der Waals surface area contributed by atoms with E-state index in [9.17, 15) is 0 Å². The number of nitrogens with zero attached hydrogens (tertiary/aromatic N) is 3. The van der Waals surface area contributed by atoms with Crippen LogP contribution in [0.1, 0.15) is 5.56 Å². The second kappa shape index (κ2) is 4.47. The molecular formula is C9H10BrClN4. The number of halogens is 2. The Bertz CT molecular complexity index is 396. The molecule has 15 heavy (non-hydrogen) atoms. The van der Waals surface area contributed by atoms with Gasteiger partial charge < -0.3 is 0 Å². The monoisotopic (exact) mass is 288 g/mol. The summed E-state index contributed by atoms with van der Waals surface area (Å²) in [6.07, 6.45) is 0.800. The highest BCUT2D eigenvalue weighted by molar-refractivity contribution is 9.10. The Kier molecular flexibility index (Phi) is 3.23. The van der Waals surface area contributed by atoms with Crippen LogP contribution in [0.25, 0.3) is 0 Å². The summed E-state index contributed by atoms with van der Waals surface area (Å²) in [5.74, 6) is 0. The number of benzene rings is 1. The van der Waals surface area contributed by atoms with Crippen LogP contribution in [0.4, 0.5) is 0 Å². The van der Waals surface area contributed by atoms with Crippen molar-refractivity contribution in [1.29, 1.82) is 0 Å². The van der Waals surface area contributed by atoms with Crippen molar-refractivity contribution in [1.82, 2.24) is 10.5 Å². The van der Waals surface area contributed by atoms with Crippen molar-refractivity contribution >= 4 is 27.5 Å². The van der Waals surface area contributed by atoms with E-state index in [1.165, 1.54) is 0 Å². The van der Waals surface area contributed by atoms with Gasteiger partial charge in [0.05, 0.1) is 0 Å². The molecule has 1 aromatic carbocycles. The predicted molar refractivity (Wildman–Crippen MR) is 62.4 cm³/mol. The van der Waals surface area contributed by atoms with Crippen molar-refractivity contribution in [3.63, 3.8) is 0 Å². The average molecular weight is 290 g/mol. The zero-order valence-corrected chi connectivity index (χ0v) is 10.5. The third-order valence-electron chi connectivity index (χ3n) is 2.25. The molecule has 0 aliphatic carbocycles. The lowest BCUT2D eigenvalue weighted by Gasteiger charge is -2.15. The second-order valence-corrected chi connectivity index (χ2v) is 4.64. The number of hydrazine groups is 1. The van der Waals surface area contributed by atoms with Crippen molar-refractivity contribution in [3.8, 4) is 0 Å². The normalized spacial score (nSPS) is 20.6. The summed E-state index contributed by atoms with van der Waals surface area (Å²) in [7, 11) is 1.91.